The number of urea groups is 1. The average Bonchev–Trinajstić information content (AvgIpc) is 3.36. The van der Waals surface area contributed by atoms with Crippen LogP contribution >= 0.6 is 0 Å². The number of imide groups is 1. The number of aromatic nitrogens is 2. The first kappa shape index (κ1) is 19.6. The van der Waals surface area contributed by atoms with Crippen molar-refractivity contribution >= 4 is 33.8 Å². The Morgan fingerprint density at radius 1 is 1.19 bits per heavy atom. The van der Waals surface area contributed by atoms with Crippen LogP contribution in [0.5, 0.6) is 17.4 Å². The molecule has 3 heterocycles. The van der Waals surface area contributed by atoms with Crippen LogP contribution in [0.15, 0.2) is 48.8 Å². The van der Waals surface area contributed by atoms with Crippen LogP contribution in [0.4, 0.5) is 14.0 Å². The molecule has 0 bridgehead atoms. The van der Waals surface area contributed by atoms with Gasteiger partial charge in [-0.25, -0.2) is 18.9 Å². The molecule has 2 aromatic heterocycles. The number of ether oxygens (including phenoxy) is 1. The predicted octanol–water partition coefficient (Wildman–Crippen LogP) is 3.31. The standard InChI is InChI=1S/C22H17FN4O5/c23-13-5-3-12(4-6-13)10-26-11-15-16(20(26)29)18(28)17-14(2-1-7-24-17)19(15)32-22(31)27-9-8-25-21(27)30/h1-7,11,28-29H,8-10H2,(H,25,30). The smallest absolute Gasteiger partial charge is 0.423 e. The Bertz CT molecular complexity index is 1380. The topological polar surface area (TPSA) is 117 Å². The van der Waals surface area contributed by atoms with Crippen LogP contribution in [0.25, 0.3) is 21.7 Å². The summed E-state index contributed by atoms with van der Waals surface area (Å²) in [6.07, 6.45) is 2.09. The number of amides is 3. The number of rotatable bonds is 3. The number of aromatic hydroxyl groups is 2. The van der Waals surface area contributed by atoms with E-state index in [9.17, 15) is 24.2 Å². The fourth-order valence-electron chi connectivity index (χ4n) is 3.80. The highest BCUT2D eigenvalue weighted by molar-refractivity contribution is 6.12. The molecule has 0 atom stereocenters. The van der Waals surface area contributed by atoms with E-state index in [1.807, 2.05) is 0 Å². The van der Waals surface area contributed by atoms with E-state index in [-0.39, 0.29) is 52.6 Å². The Hall–Kier alpha value is -4.34. The minimum atomic E-state index is -0.886. The first-order chi connectivity index (χ1) is 15.4. The molecule has 3 N–H and O–H groups in total. The summed E-state index contributed by atoms with van der Waals surface area (Å²) in [5.41, 5.74) is 0.833. The van der Waals surface area contributed by atoms with Crippen molar-refractivity contribution in [3.8, 4) is 17.4 Å². The van der Waals surface area contributed by atoms with E-state index in [0.717, 1.165) is 4.90 Å². The van der Waals surface area contributed by atoms with Crippen molar-refractivity contribution < 1.29 is 28.9 Å². The van der Waals surface area contributed by atoms with Gasteiger partial charge in [-0.3, -0.25) is 4.98 Å². The quantitative estimate of drug-likeness (QED) is 0.454. The summed E-state index contributed by atoms with van der Waals surface area (Å²) < 4.78 is 20.3. The highest BCUT2D eigenvalue weighted by Crippen LogP contribution is 2.46. The zero-order chi connectivity index (χ0) is 22.4. The molecule has 5 rings (SSSR count). The number of halogens is 1. The zero-order valence-electron chi connectivity index (χ0n) is 16.6. The molecule has 0 spiro atoms. The number of pyridine rings is 1. The molecule has 1 fully saturated rings. The normalized spacial score (nSPS) is 13.7. The van der Waals surface area contributed by atoms with E-state index >= 15 is 0 Å². The molecule has 1 aliphatic rings. The summed E-state index contributed by atoms with van der Waals surface area (Å²) in [6.45, 7) is 0.647. The SMILES string of the molecule is O=C1NCCN1C(=O)Oc1c2cccnc2c(O)c2c(O)n(Cc3ccc(F)cc3)cc12. The second kappa shape index (κ2) is 7.41. The van der Waals surface area contributed by atoms with Crippen molar-refractivity contribution in [3.63, 3.8) is 0 Å². The number of hydrogen-bond donors (Lipinski definition) is 3. The van der Waals surface area contributed by atoms with Gasteiger partial charge in [0.25, 0.3) is 0 Å². The lowest BCUT2D eigenvalue weighted by atomic mass is 10.1. The molecule has 0 saturated carbocycles. The second-order valence-corrected chi connectivity index (χ2v) is 7.32. The highest BCUT2D eigenvalue weighted by Gasteiger charge is 2.30. The van der Waals surface area contributed by atoms with Gasteiger partial charge in [-0.05, 0) is 29.8 Å². The molecule has 162 valence electrons. The number of hydrogen-bond acceptors (Lipinski definition) is 6. The minimum absolute atomic E-state index is 0.0481. The number of nitrogens with zero attached hydrogens (tertiary/aromatic N) is 3. The maximum Gasteiger partial charge on any atom is 0.423 e. The van der Waals surface area contributed by atoms with Crippen LogP contribution in [-0.2, 0) is 6.54 Å². The van der Waals surface area contributed by atoms with Gasteiger partial charge in [0.2, 0.25) is 5.88 Å². The van der Waals surface area contributed by atoms with Crippen molar-refractivity contribution in [1.29, 1.82) is 0 Å². The first-order valence-electron chi connectivity index (χ1n) is 9.77. The summed E-state index contributed by atoms with van der Waals surface area (Å²) in [7, 11) is 0. The maximum atomic E-state index is 13.2. The van der Waals surface area contributed by atoms with E-state index in [1.54, 1.807) is 24.3 Å². The van der Waals surface area contributed by atoms with Gasteiger partial charge in [0.1, 0.15) is 11.3 Å². The molecule has 3 amide bonds. The molecular weight excluding hydrogens is 419 g/mol. The van der Waals surface area contributed by atoms with E-state index < -0.39 is 12.1 Å². The monoisotopic (exact) mass is 436 g/mol. The van der Waals surface area contributed by atoms with E-state index in [2.05, 4.69) is 10.3 Å². The summed E-state index contributed by atoms with van der Waals surface area (Å²) in [4.78, 5) is 29.6. The molecule has 0 aliphatic carbocycles. The Kier molecular flexibility index (Phi) is 4.54. The molecule has 0 unspecified atom stereocenters. The third-order valence-corrected chi connectivity index (χ3v) is 5.34. The largest absolute Gasteiger partial charge is 0.505 e. The summed E-state index contributed by atoms with van der Waals surface area (Å²) in [5, 5.41) is 24.8. The minimum Gasteiger partial charge on any atom is -0.505 e. The van der Waals surface area contributed by atoms with Gasteiger partial charge in [-0.1, -0.05) is 12.1 Å². The molecule has 0 radical (unpaired) electrons. The lowest BCUT2D eigenvalue weighted by Gasteiger charge is -2.15. The molecule has 10 heteroatoms. The number of phenolic OH excluding ortho intramolecular Hbond substituents is 1. The molecule has 9 nitrogen and oxygen atoms in total. The van der Waals surface area contributed by atoms with Crippen LogP contribution in [-0.4, -0.2) is 49.9 Å². The van der Waals surface area contributed by atoms with Gasteiger partial charge in [0.05, 0.1) is 23.9 Å². The lowest BCUT2D eigenvalue weighted by molar-refractivity contribution is 0.165. The highest BCUT2D eigenvalue weighted by atomic mass is 19.1. The molecule has 1 saturated heterocycles. The average molecular weight is 436 g/mol. The van der Waals surface area contributed by atoms with Gasteiger partial charge >= 0.3 is 12.1 Å². The fraction of sp³-hybridized carbons (Fsp3) is 0.136. The maximum absolute atomic E-state index is 13.2. The van der Waals surface area contributed by atoms with Crippen molar-refractivity contribution in [2.24, 2.45) is 0 Å². The Morgan fingerprint density at radius 3 is 2.69 bits per heavy atom. The molecule has 2 aromatic carbocycles. The van der Waals surface area contributed by atoms with Crippen LogP contribution in [0.3, 0.4) is 0 Å². The van der Waals surface area contributed by atoms with E-state index in [1.165, 1.54) is 29.1 Å². The lowest BCUT2D eigenvalue weighted by Crippen LogP contribution is -2.36. The van der Waals surface area contributed by atoms with Crippen molar-refractivity contribution in [2.75, 3.05) is 13.1 Å². The van der Waals surface area contributed by atoms with Crippen molar-refractivity contribution in [1.82, 2.24) is 19.8 Å². The Morgan fingerprint density at radius 2 is 1.97 bits per heavy atom. The molecule has 4 aromatic rings. The van der Waals surface area contributed by atoms with E-state index in [0.29, 0.717) is 17.5 Å². The molecule has 1 aliphatic heterocycles. The summed E-state index contributed by atoms with van der Waals surface area (Å²) in [6, 6.07) is 8.42. The van der Waals surface area contributed by atoms with Gasteiger partial charge in [-0.15, -0.1) is 0 Å². The Balaban J connectivity index is 1.66. The number of nitrogens with one attached hydrogen (secondary N) is 1. The zero-order valence-corrected chi connectivity index (χ0v) is 16.6. The van der Waals surface area contributed by atoms with Crippen LogP contribution in [0.2, 0.25) is 0 Å². The number of fused-ring (bicyclic) bond motifs is 2. The van der Waals surface area contributed by atoms with Gasteiger partial charge in [0.15, 0.2) is 11.5 Å². The third-order valence-electron chi connectivity index (χ3n) is 5.34. The number of carbonyl (C=O) groups is 2. The third kappa shape index (κ3) is 3.13. The van der Waals surface area contributed by atoms with Crippen LogP contribution < -0.4 is 10.1 Å². The van der Waals surface area contributed by atoms with Gasteiger partial charge in [-0.2, -0.15) is 0 Å². The number of carbonyl (C=O) groups excluding carboxylic acids is 2. The van der Waals surface area contributed by atoms with Gasteiger partial charge in [0, 0.05) is 24.3 Å². The number of phenols is 1. The van der Waals surface area contributed by atoms with Crippen molar-refractivity contribution in [3.05, 3.63) is 60.2 Å². The Labute approximate surface area is 180 Å². The van der Waals surface area contributed by atoms with Crippen LogP contribution in [0.1, 0.15) is 5.56 Å². The summed E-state index contributed by atoms with van der Waals surface area (Å²) in [5.74, 6) is -0.875. The van der Waals surface area contributed by atoms with Gasteiger partial charge < -0.3 is 24.8 Å². The second-order valence-electron chi connectivity index (χ2n) is 7.32. The molecular formula is C22H17FN4O5. The fourth-order valence-corrected chi connectivity index (χ4v) is 3.80. The van der Waals surface area contributed by atoms with E-state index in [4.69, 9.17) is 4.74 Å². The predicted molar refractivity (Wildman–Crippen MR) is 112 cm³/mol. The first-order valence-corrected chi connectivity index (χ1v) is 9.77. The number of benzene rings is 2. The summed E-state index contributed by atoms with van der Waals surface area (Å²) >= 11 is 0. The van der Waals surface area contributed by atoms with Crippen molar-refractivity contribution in [2.45, 2.75) is 6.54 Å². The molecule has 32 heavy (non-hydrogen) atoms. The van der Waals surface area contributed by atoms with Crippen LogP contribution in [0, 0.1) is 5.82 Å².